The van der Waals surface area contributed by atoms with Gasteiger partial charge in [0.1, 0.15) is 12.0 Å². The van der Waals surface area contributed by atoms with E-state index in [0.29, 0.717) is 17.9 Å². The molecule has 144 valence electrons. The maximum atomic E-state index is 13.0. The van der Waals surface area contributed by atoms with Crippen molar-refractivity contribution >= 4 is 22.5 Å². The summed E-state index contributed by atoms with van der Waals surface area (Å²) in [6, 6.07) is 5.51. The Morgan fingerprint density at radius 3 is 2.61 bits per heavy atom. The van der Waals surface area contributed by atoms with E-state index < -0.39 is 18.2 Å². The molecular weight excluding hydrogens is 359 g/mol. The van der Waals surface area contributed by atoms with Crippen molar-refractivity contribution in [1.82, 2.24) is 15.0 Å². The summed E-state index contributed by atoms with van der Waals surface area (Å²) in [5, 5.41) is 14.3. The van der Waals surface area contributed by atoms with Crippen molar-refractivity contribution in [2.24, 2.45) is 5.92 Å². The normalized spacial score (nSPS) is 19.4. The van der Waals surface area contributed by atoms with Crippen LogP contribution in [0.4, 0.5) is 10.2 Å². The van der Waals surface area contributed by atoms with Gasteiger partial charge in [-0.3, -0.25) is 14.8 Å². The molecule has 0 unspecified atom stereocenters. The molecule has 0 radical (unpaired) electrons. The van der Waals surface area contributed by atoms with E-state index in [0.717, 1.165) is 27.6 Å². The number of carbonyl (C=O) groups excluding carboxylic acids is 1. The molecule has 1 aliphatic rings. The van der Waals surface area contributed by atoms with Crippen LogP contribution in [0.15, 0.2) is 36.8 Å². The molecule has 0 bridgehead atoms. The van der Waals surface area contributed by atoms with Gasteiger partial charge in [0.15, 0.2) is 0 Å². The molecule has 2 N–H and O–H groups in total. The molecule has 3 aromatic heterocycles. The summed E-state index contributed by atoms with van der Waals surface area (Å²) < 4.78 is 13.0. The number of nitrogens with one attached hydrogen (secondary N) is 1. The second-order valence-corrected chi connectivity index (χ2v) is 7.18. The molecule has 6 nitrogen and oxygen atoms in total. The molecule has 0 aromatic carbocycles. The first kappa shape index (κ1) is 18.4. The first-order valence-electron chi connectivity index (χ1n) is 9.32. The molecule has 0 aliphatic heterocycles. The average Bonchev–Trinajstić information content (AvgIpc) is 3.43. The van der Waals surface area contributed by atoms with Gasteiger partial charge in [-0.2, -0.15) is 0 Å². The summed E-state index contributed by atoms with van der Waals surface area (Å²) in [6.07, 6.45) is 4.38. The van der Waals surface area contributed by atoms with Crippen molar-refractivity contribution in [2.75, 3.05) is 5.32 Å². The molecule has 1 fully saturated rings. The molecule has 1 saturated carbocycles. The number of alkyl halides is 1. The summed E-state index contributed by atoms with van der Waals surface area (Å²) >= 11 is 0. The third-order valence-corrected chi connectivity index (χ3v) is 5.04. The van der Waals surface area contributed by atoms with Gasteiger partial charge in [-0.1, -0.05) is 6.92 Å². The van der Waals surface area contributed by atoms with Crippen LogP contribution in [-0.2, 0) is 4.79 Å². The molecule has 1 aliphatic carbocycles. The summed E-state index contributed by atoms with van der Waals surface area (Å²) in [4.78, 5) is 25.0. The number of hydrogen-bond acceptors (Lipinski definition) is 5. The number of pyridine rings is 3. The van der Waals surface area contributed by atoms with Gasteiger partial charge in [-0.25, -0.2) is 9.37 Å². The van der Waals surface area contributed by atoms with E-state index in [1.165, 1.54) is 0 Å². The molecule has 3 heterocycles. The van der Waals surface area contributed by atoms with Crippen LogP contribution in [0.25, 0.3) is 22.0 Å². The largest absolute Gasteiger partial charge is 0.387 e. The number of aliphatic hydroxyl groups excluding tert-OH is 1. The lowest BCUT2D eigenvalue weighted by molar-refractivity contribution is -0.117. The first-order chi connectivity index (χ1) is 13.5. The Hall–Kier alpha value is -2.93. The van der Waals surface area contributed by atoms with Crippen molar-refractivity contribution in [3.8, 4) is 11.3 Å². The van der Waals surface area contributed by atoms with Crippen LogP contribution in [0.5, 0.6) is 0 Å². The molecule has 7 heteroatoms. The first-order valence-corrected chi connectivity index (χ1v) is 9.32. The van der Waals surface area contributed by atoms with Crippen LogP contribution >= 0.6 is 0 Å². The molecule has 4 rings (SSSR count). The monoisotopic (exact) mass is 380 g/mol. The SMILES string of the molecule is CC[C@H](O)c1cc(C)c(-c2cc3cnc(NC(=O)[C@H]4C[C@H]4F)cc3cn2)cn1. The van der Waals surface area contributed by atoms with E-state index in [2.05, 4.69) is 20.3 Å². The zero-order valence-corrected chi connectivity index (χ0v) is 15.7. The van der Waals surface area contributed by atoms with Gasteiger partial charge >= 0.3 is 0 Å². The summed E-state index contributed by atoms with van der Waals surface area (Å²) in [5.74, 6) is -0.496. The van der Waals surface area contributed by atoms with Gasteiger partial charge < -0.3 is 10.4 Å². The minimum Gasteiger partial charge on any atom is -0.387 e. The fourth-order valence-electron chi connectivity index (χ4n) is 3.14. The second-order valence-electron chi connectivity index (χ2n) is 7.18. The predicted molar refractivity (Wildman–Crippen MR) is 104 cm³/mol. The maximum Gasteiger partial charge on any atom is 0.231 e. The van der Waals surface area contributed by atoms with Gasteiger partial charge in [-0.05, 0) is 43.5 Å². The number of carbonyl (C=O) groups is 1. The minimum atomic E-state index is -1.04. The summed E-state index contributed by atoms with van der Waals surface area (Å²) in [7, 11) is 0. The highest BCUT2D eigenvalue weighted by molar-refractivity contribution is 5.96. The van der Waals surface area contributed by atoms with Crippen molar-refractivity contribution < 1.29 is 14.3 Å². The molecule has 1 amide bonds. The highest BCUT2D eigenvalue weighted by Gasteiger charge is 2.43. The molecule has 0 saturated heterocycles. The number of hydrogen-bond donors (Lipinski definition) is 2. The Morgan fingerprint density at radius 1 is 1.21 bits per heavy atom. The fourth-order valence-corrected chi connectivity index (χ4v) is 3.14. The lowest BCUT2D eigenvalue weighted by Crippen LogP contribution is -2.15. The smallest absolute Gasteiger partial charge is 0.231 e. The van der Waals surface area contributed by atoms with E-state index in [-0.39, 0.29) is 12.3 Å². The van der Waals surface area contributed by atoms with E-state index in [1.807, 2.05) is 26.0 Å². The number of aryl methyl sites for hydroxylation is 1. The van der Waals surface area contributed by atoms with Gasteiger partial charge in [0.25, 0.3) is 0 Å². The number of aliphatic hydroxyl groups is 1. The topological polar surface area (TPSA) is 88.0 Å². The van der Waals surface area contributed by atoms with Crippen molar-refractivity contribution in [2.45, 2.75) is 39.0 Å². The zero-order chi connectivity index (χ0) is 19.8. The number of nitrogens with zero attached hydrogens (tertiary/aromatic N) is 3. The van der Waals surface area contributed by atoms with Gasteiger partial charge in [0.05, 0.1) is 23.4 Å². The number of aromatic nitrogens is 3. The highest BCUT2D eigenvalue weighted by atomic mass is 19.1. The molecule has 28 heavy (non-hydrogen) atoms. The zero-order valence-electron chi connectivity index (χ0n) is 15.7. The lowest BCUT2D eigenvalue weighted by Gasteiger charge is -2.11. The standard InChI is InChI=1S/C21H21FN4O2/c1-3-19(27)18-4-11(2)15(10-24-18)17-5-12-9-25-20(6-13(12)8-23-17)26-21(28)14-7-16(14)22/h4-6,8-10,14,16,19,27H,3,7H2,1-2H3,(H,25,26,28)/t14-,16+,19-/m0/s1. The van der Waals surface area contributed by atoms with E-state index in [9.17, 15) is 14.3 Å². The Bertz CT molecular complexity index is 1060. The molecular formula is C21H21FN4O2. The van der Waals surface area contributed by atoms with E-state index in [1.54, 1.807) is 24.7 Å². The Labute approximate surface area is 161 Å². The minimum absolute atomic E-state index is 0.284. The van der Waals surface area contributed by atoms with Crippen LogP contribution in [0, 0.1) is 12.8 Å². The Morgan fingerprint density at radius 2 is 1.93 bits per heavy atom. The Kier molecular flexibility index (Phi) is 4.77. The third kappa shape index (κ3) is 3.57. The van der Waals surface area contributed by atoms with Crippen LogP contribution in [-0.4, -0.2) is 32.1 Å². The predicted octanol–water partition coefficient (Wildman–Crippen LogP) is 3.74. The summed E-state index contributed by atoms with van der Waals surface area (Å²) in [6.45, 7) is 3.87. The van der Waals surface area contributed by atoms with Crippen molar-refractivity contribution in [3.63, 3.8) is 0 Å². The maximum absolute atomic E-state index is 13.0. The van der Waals surface area contributed by atoms with E-state index in [4.69, 9.17) is 0 Å². The number of anilines is 1. The van der Waals surface area contributed by atoms with Crippen LogP contribution in [0.2, 0.25) is 0 Å². The number of rotatable bonds is 5. The summed E-state index contributed by atoms with van der Waals surface area (Å²) in [5.41, 5.74) is 3.27. The van der Waals surface area contributed by atoms with Gasteiger partial charge in [-0.15, -0.1) is 0 Å². The number of halogens is 1. The Balaban J connectivity index is 1.60. The third-order valence-electron chi connectivity index (χ3n) is 5.04. The number of amides is 1. The fraction of sp³-hybridized carbons (Fsp3) is 0.333. The van der Waals surface area contributed by atoms with Crippen LogP contribution in [0.1, 0.15) is 37.1 Å². The van der Waals surface area contributed by atoms with Crippen LogP contribution < -0.4 is 5.32 Å². The number of fused-ring (bicyclic) bond motifs is 1. The van der Waals surface area contributed by atoms with Gasteiger partial charge in [0, 0.05) is 34.9 Å². The average molecular weight is 380 g/mol. The van der Waals surface area contributed by atoms with Crippen molar-refractivity contribution in [3.05, 3.63) is 48.0 Å². The molecule has 0 spiro atoms. The lowest BCUT2D eigenvalue weighted by atomic mass is 10.0. The van der Waals surface area contributed by atoms with Crippen molar-refractivity contribution in [1.29, 1.82) is 0 Å². The molecule has 3 aromatic rings. The van der Waals surface area contributed by atoms with E-state index >= 15 is 0 Å². The highest BCUT2D eigenvalue weighted by Crippen LogP contribution is 2.34. The quantitative estimate of drug-likeness (QED) is 0.704. The molecule has 3 atom stereocenters. The van der Waals surface area contributed by atoms with Crippen LogP contribution in [0.3, 0.4) is 0 Å². The second kappa shape index (κ2) is 7.24. The van der Waals surface area contributed by atoms with Gasteiger partial charge in [0.2, 0.25) is 5.91 Å².